The second-order valence-electron chi connectivity index (χ2n) is 7.90. The molecule has 3 aromatic rings. The number of benzene rings is 1. The number of carbonyl (C=O) groups is 1. The van der Waals surface area contributed by atoms with Crippen LogP contribution in [-0.2, 0) is 0 Å². The lowest BCUT2D eigenvalue weighted by atomic mass is 9.85. The molecule has 28 heavy (non-hydrogen) atoms. The highest BCUT2D eigenvalue weighted by Gasteiger charge is 2.32. The Hall–Kier alpha value is -2.79. The fourth-order valence-electron chi connectivity index (χ4n) is 3.74. The summed E-state index contributed by atoms with van der Waals surface area (Å²) in [5.41, 5.74) is 4.27. The fraction of sp³-hybridized carbons (Fsp3) is 0.348. The molecule has 2 atom stereocenters. The highest BCUT2D eigenvalue weighted by molar-refractivity contribution is 6.07. The first-order chi connectivity index (χ1) is 13.5. The molecule has 0 saturated heterocycles. The average Bonchev–Trinajstić information content (AvgIpc) is 2.69. The Kier molecular flexibility index (Phi) is 5.09. The fourth-order valence-corrected chi connectivity index (χ4v) is 3.74. The predicted octanol–water partition coefficient (Wildman–Crippen LogP) is 3.86. The lowest BCUT2D eigenvalue weighted by molar-refractivity contribution is 0.0892. The van der Waals surface area contributed by atoms with Gasteiger partial charge in [0.1, 0.15) is 0 Å². The molecule has 1 aromatic carbocycles. The Balaban J connectivity index is 1.70. The summed E-state index contributed by atoms with van der Waals surface area (Å²) in [6, 6.07) is 12.7. The average molecular weight is 374 g/mol. The van der Waals surface area contributed by atoms with Crippen LogP contribution in [0.15, 0.2) is 48.8 Å². The summed E-state index contributed by atoms with van der Waals surface area (Å²) in [5.74, 6) is -0.0385. The van der Waals surface area contributed by atoms with Crippen LogP contribution in [0, 0.1) is 6.92 Å². The van der Waals surface area contributed by atoms with Gasteiger partial charge in [0.05, 0.1) is 16.8 Å². The monoisotopic (exact) mass is 374 g/mol. The van der Waals surface area contributed by atoms with E-state index < -0.39 is 0 Å². The molecule has 1 fully saturated rings. The highest BCUT2D eigenvalue weighted by atomic mass is 16.1. The van der Waals surface area contributed by atoms with Crippen molar-refractivity contribution in [2.45, 2.75) is 51.7 Å². The Morgan fingerprint density at radius 1 is 1.14 bits per heavy atom. The van der Waals surface area contributed by atoms with E-state index in [-0.39, 0.29) is 11.9 Å². The molecule has 2 unspecified atom stereocenters. The van der Waals surface area contributed by atoms with Crippen molar-refractivity contribution < 1.29 is 4.79 Å². The number of aromatic nitrogens is 2. The zero-order valence-corrected chi connectivity index (χ0v) is 16.6. The van der Waals surface area contributed by atoms with Gasteiger partial charge in [-0.15, -0.1) is 0 Å². The van der Waals surface area contributed by atoms with Crippen molar-refractivity contribution in [3.63, 3.8) is 0 Å². The second-order valence-corrected chi connectivity index (χ2v) is 7.90. The Labute approximate surface area is 165 Å². The Morgan fingerprint density at radius 3 is 2.64 bits per heavy atom. The maximum Gasteiger partial charge on any atom is 0.252 e. The van der Waals surface area contributed by atoms with Gasteiger partial charge in [0.25, 0.3) is 5.91 Å². The van der Waals surface area contributed by atoms with Gasteiger partial charge in [-0.3, -0.25) is 9.78 Å². The van der Waals surface area contributed by atoms with E-state index in [0.717, 1.165) is 40.6 Å². The molecular formula is C23H26N4O. The molecule has 5 heteroatoms. The number of pyridine rings is 2. The molecule has 1 aliphatic carbocycles. The van der Waals surface area contributed by atoms with Crippen LogP contribution in [-0.4, -0.2) is 34.0 Å². The van der Waals surface area contributed by atoms with Crippen LogP contribution in [0.2, 0.25) is 0 Å². The first kappa shape index (κ1) is 18.6. The minimum Gasteiger partial charge on any atom is -0.348 e. The van der Waals surface area contributed by atoms with E-state index in [1.54, 1.807) is 12.4 Å². The SMILES string of the molecule is Cc1ccc2nc(-c3cccnc3)cc(C(=O)NC3CCC3NC(C)C)c2c1. The standard InChI is InChI=1S/C23H26N4O/c1-14(2)25-20-8-9-21(20)27-23(28)18-12-22(16-5-4-10-24-13-16)26-19-7-6-15(3)11-17(18)19/h4-7,10-14,20-21,25H,8-9H2,1-3H3,(H,27,28). The molecule has 2 aromatic heterocycles. The number of hydrogen-bond acceptors (Lipinski definition) is 4. The van der Waals surface area contributed by atoms with Gasteiger partial charge in [0.2, 0.25) is 0 Å². The molecule has 1 aliphatic rings. The van der Waals surface area contributed by atoms with Crippen molar-refractivity contribution in [1.29, 1.82) is 0 Å². The van der Waals surface area contributed by atoms with E-state index in [9.17, 15) is 4.79 Å². The van der Waals surface area contributed by atoms with E-state index in [1.165, 1.54) is 0 Å². The molecule has 144 valence electrons. The molecule has 4 rings (SSSR count). The zero-order chi connectivity index (χ0) is 19.7. The minimum atomic E-state index is -0.0385. The number of rotatable bonds is 5. The van der Waals surface area contributed by atoms with Gasteiger partial charge in [0, 0.05) is 41.5 Å². The van der Waals surface area contributed by atoms with Crippen molar-refractivity contribution in [1.82, 2.24) is 20.6 Å². The first-order valence-corrected chi connectivity index (χ1v) is 9.90. The Morgan fingerprint density at radius 2 is 1.96 bits per heavy atom. The summed E-state index contributed by atoms with van der Waals surface area (Å²) in [6.45, 7) is 6.30. The maximum atomic E-state index is 13.2. The van der Waals surface area contributed by atoms with Gasteiger partial charge in [-0.2, -0.15) is 0 Å². The largest absolute Gasteiger partial charge is 0.348 e. The van der Waals surface area contributed by atoms with E-state index >= 15 is 0 Å². The smallest absolute Gasteiger partial charge is 0.252 e. The van der Waals surface area contributed by atoms with Crippen LogP contribution >= 0.6 is 0 Å². The predicted molar refractivity (Wildman–Crippen MR) is 112 cm³/mol. The molecular weight excluding hydrogens is 348 g/mol. The third kappa shape index (κ3) is 3.76. The van der Waals surface area contributed by atoms with Crippen LogP contribution in [0.5, 0.6) is 0 Å². The molecule has 1 amide bonds. The Bertz CT molecular complexity index is 1000. The molecule has 0 spiro atoms. The van der Waals surface area contributed by atoms with E-state index in [0.29, 0.717) is 17.6 Å². The van der Waals surface area contributed by atoms with E-state index in [1.807, 2.05) is 43.3 Å². The van der Waals surface area contributed by atoms with Gasteiger partial charge < -0.3 is 10.6 Å². The first-order valence-electron chi connectivity index (χ1n) is 9.90. The minimum absolute atomic E-state index is 0.0385. The lowest BCUT2D eigenvalue weighted by Gasteiger charge is -2.39. The van der Waals surface area contributed by atoms with Crippen molar-refractivity contribution >= 4 is 16.8 Å². The number of nitrogens with one attached hydrogen (secondary N) is 2. The number of carbonyl (C=O) groups excluding carboxylic acids is 1. The number of nitrogens with zero attached hydrogens (tertiary/aromatic N) is 2. The molecule has 2 heterocycles. The third-order valence-corrected chi connectivity index (χ3v) is 5.30. The van der Waals surface area contributed by atoms with Crippen LogP contribution in [0.25, 0.3) is 22.2 Å². The molecule has 5 nitrogen and oxygen atoms in total. The second kappa shape index (κ2) is 7.68. The normalized spacial score (nSPS) is 18.9. The van der Waals surface area contributed by atoms with Crippen LogP contribution in [0.1, 0.15) is 42.6 Å². The number of aryl methyl sites for hydroxylation is 1. The summed E-state index contributed by atoms with van der Waals surface area (Å²) in [4.78, 5) is 22.2. The summed E-state index contributed by atoms with van der Waals surface area (Å²) in [7, 11) is 0. The van der Waals surface area contributed by atoms with Crippen molar-refractivity contribution in [2.75, 3.05) is 0 Å². The van der Waals surface area contributed by atoms with Crippen molar-refractivity contribution in [3.8, 4) is 11.3 Å². The maximum absolute atomic E-state index is 13.2. The van der Waals surface area contributed by atoms with Gasteiger partial charge in [-0.1, -0.05) is 25.5 Å². The lowest BCUT2D eigenvalue weighted by Crippen LogP contribution is -2.58. The van der Waals surface area contributed by atoms with Gasteiger partial charge in [-0.05, 0) is 50.1 Å². The van der Waals surface area contributed by atoms with E-state index in [4.69, 9.17) is 4.98 Å². The molecule has 2 N–H and O–H groups in total. The van der Waals surface area contributed by atoms with Crippen LogP contribution < -0.4 is 10.6 Å². The van der Waals surface area contributed by atoms with Crippen LogP contribution in [0.3, 0.4) is 0 Å². The summed E-state index contributed by atoms with van der Waals surface area (Å²) < 4.78 is 0. The van der Waals surface area contributed by atoms with Gasteiger partial charge >= 0.3 is 0 Å². The summed E-state index contributed by atoms with van der Waals surface area (Å²) in [6.07, 6.45) is 5.62. The quantitative estimate of drug-likeness (QED) is 0.712. The van der Waals surface area contributed by atoms with Crippen LogP contribution in [0.4, 0.5) is 0 Å². The van der Waals surface area contributed by atoms with Gasteiger partial charge in [-0.25, -0.2) is 4.98 Å². The topological polar surface area (TPSA) is 66.9 Å². The molecule has 0 bridgehead atoms. The molecule has 0 radical (unpaired) electrons. The van der Waals surface area contributed by atoms with E-state index in [2.05, 4.69) is 29.5 Å². The van der Waals surface area contributed by atoms with Gasteiger partial charge in [0.15, 0.2) is 0 Å². The summed E-state index contributed by atoms with van der Waals surface area (Å²) >= 11 is 0. The molecule has 0 aliphatic heterocycles. The zero-order valence-electron chi connectivity index (χ0n) is 16.6. The highest BCUT2D eigenvalue weighted by Crippen LogP contribution is 2.27. The van der Waals surface area contributed by atoms with Crippen molar-refractivity contribution in [3.05, 3.63) is 59.9 Å². The number of amides is 1. The molecule has 1 saturated carbocycles. The summed E-state index contributed by atoms with van der Waals surface area (Å²) in [5, 5.41) is 7.65. The number of hydrogen-bond donors (Lipinski definition) is 2. The third-order valence-electron chi connectivity index (χ3n) is 5.30. The number of fused-ring (bicyclic) bond motifs is 1. The van der Waals surface area contributed by atoms with Crippen molar-refractivity contribution in [2.24, 2.45) is 0 Å².